The number of rotatable bonds is 3. The van der Waals surface area contributed by atoms with Crippen molar-refractivity contribution in [1.29, 1.82) is 0 Å². The normalized spacial score (nSPS) is 19.5. The fourth-order valence-corrected chi connectivity index (χ4v) is 2.79. The van der Waals surface area contributed by atoms with E-state index < -0.39 is 0 Å². The van der Waals surface area contributed by atoms with Crippen LogP contribution >= 0.6 is 15.9 Å². The van der Waals surface area contributed by atoms with Crippen molar-refractivity contribution in [2.75, 3.05) is 11.4 Å². The molecule has 1 saturated heterocycles. The molecule has 1 aromatic rings. The maximum absolute atomic E-state index is 11.8. The van der Waals surface area contributed by atoms with Crippen molar-refractivity contribution in [3.63, 3.8) is 0 Å². The summed E-state index contributed by atoms with van der Waals surface area (Å²) in [7, 11) is 0. The summed E-state index contributed by atoms with van der Waals surface area (Å²) in [5.41, 5.74) is 7.45. The van der Waals surface area contributed by atoms with Crippen LogP contribution in [0.3, 0.4) is 0 Å². The third-order valence-corrected chi connectivity index (χ3v) is 3.61. The number of nitrogens with two attached hydrogens (primary N) is 1. The molecule has 1 unspecified atom stereocenters. The number of hydrogen-bond donors (Lipinski definition) is 2. The van der Waals surface area contributed by atoms with Gasteiger partial charge in [-0.05, 0) is 30.2 Å². The van der Waals surface area contributed by atoms with Crippen LogP contribution in [-0.4, -0.2) is 24.4 Å². The lowest BCUT2D eigenvalue weighted by Gasteiger charge is -2.35. The van der Waals surface area contributed by atoms with Gasteiger partial charge in [-0.25, -0.2) is 0 Å². The smallest absolute Gasteiger partial charge is 0.249 e. The van der Waals surface area contributed by atoms with Crippen molar-refractivity contribution < 1.29 is 9.59 Å². The summed E-state index contributed by atoms with van der Waals surface area (Å²) in [6.45, 7) is 2.52. The molecule has 0 radical (unpaired) electrons. The lowest BCUT2D eigenvalue weighted by Crippen LogP contribution is -2.58. The molecule has 0 bridgehead atoms. The molecule has 1 atom stereocenters. The zero-order valence-electron chi connectivity index (χ0n) is 10.6. The van der Waals surface area contributed by atoms with E-state index >= 15 is 0 Å². The Balaban J connectivity index is 2.39. The Morgan fingerprint density at radius 3 is 2.79 bits per heavy atom. The summed E-state index contributed by atoms with van der Waals surface area (Å²) < 4.78 is 0.888. The Morgan fingerprint density at radius 2 is 2.16 bits per heavy atom. The minimum Gasteiger partial charge on any atom is -0.350 e. The molecule has 2 amide bonds. The van der Waals surface area contributed by atoms with Gasteiger partial charge in [0.05, 0.1) is 6.54 Å². The van der Waals surface area contributed by atoms with Gasteiger partial charge in [-0.1, -0.05) is 22.9 Å². The second-order valence-electron chi connectivity index (χ2n) is 4.49. The topological polar surface area (TPSA) is 75.4 Å². The van der Waals surface area contributed by atoms with E-state index in [2.05, 4.69) is 21.2 Å². The van der Waals surface area contributed by atoms with Gasteiger partial charge in [-0.2, -0.15) is 0 Å². The van der Waals surface area contributed by atoms with Crippen molar-refractivity contribution in [3.05, 3.63) is 28.2 Å². The quantitative estimate of drug-likeness (QED) is 0.817. The average Bonchev–Trinajstić information content (AvgIpc) is 2.37. The number of halogens is 1. The molecule has 3 N–H and O–H groups in total. The number of hydrogen-bond acceptors (Lipinski definition) is 4. The van der Waals surface area contributed by atoms with Gasteiger partial charge in [0.1, 0.15) is 6.04 Å². The summed E-state index contributed by atoms with van der Waals surface area (Å²) in [5.74, 6) is -0.517. The number of imide groups is 1. The Morgan fingerprint density at radius 1 is 1.42 bits per heavy atom. The molecule has 1 aliphatic rings. The van der Waals surface area contributed by atoms with Crippen LogP contribution in [-0.2, 0) is 16.1 Å². The molecule has 0 aromatic heterocycles. The van der Waals surface area contributed by atoms with Crippen molar-refractivity contribution in [3.8, 4) is 0 Å². The first-order chi connectivity index (χ1) is 9.05. The number of anilines is 1. The third-order valence-electron chi connectivity index (χ3n) is 3.15. The van der Waals surface area contributed by atoms with Gasteiger partial charge in [0, 0.05) is 16.7 Å². The number of benzene rings is 1. The van der Waals surface area contributed by atoms with Crippen LogP contribution in [0.25, 0.3) is 0 Å². The lowest BCUT2D eigenvalue weighted by atomic mass is 10.1. The third kappa shape index (κ3) is 2.96. The number of nitrogens with one attached hydrogen (secondary N) is 1. The molecule has 1 heterocycles. The molecule has 0 aliphatic carbocycles. The standard InChI is InChI=1S/C13H16BrN3O2/c1-2-11-13(19)16-12(18)7-17(11)10-4-8(6-15)3-9(14)5-10/h3-5,11H,2,6-7,15H2,1H3,(H,16,18,19). The van der Waals surface area contributed by atoms with Gasteiger partial charge in [0.2, 0.25) is 11.8 Å². The van der Waals surface area contributed by atoms with E-state index in [-0.39, 0.29) is 24.4 Å². The van der Waals surface area contributed by atoms with Gasteiger partial charge in [-0.15, -0.1) is 0 Å². The minimum atomic E-state index is -0.322. The molecule has 5 nitrogen and oxygen atoms in total. The van der Waals surface area contributed by atoms with Gasteiger partial charge in [0.25, 0.3) is 0 Å². The van der Waals surface area contributed by atoms with Crippen LogP contribution in [0, 0.1) is 0 Å². The lowest BCUT2D eigenvalue weighted by molar-refractivity contribution is -0.132. The maximum Gasteiger partial charge on any atom is 0.249 e. The number of nitrogens with zero attached hydrogens (tertiary/aromatic N) is 1. The molecule has 6 heteroatoms. The first-order valence-electron chi connectivity index (χ1n) is 6.15. The van der Waals surface area contributed by atoms with Crippen LogP contribution in [0.5, 0.6) is 0 Å². The van der Waals surface area contributed by atoms with Crippen molar-refractivity contribution in [2.24, 2.45) is 5.73 Å². The highest BCUT2D eigenvalue weighted by molar-refractivity contribution is 9.10. The predicted molar refractivity (Wildman–Crippen MR) is 76.6 cm³/mol. The Bertz CT molecular complexity index is 519. The Hall–Kier alpha value is -1.40. The number of piperazine rings is 1. The molecule has 102 valence electrons. The van der Waals surface area contributed by atoms with Crippen LogP contribution < -0.4 is 16.0 Å². The van der Waals surface area contributed by atoms with Gasteiger partial charge < -0.3 is 10.6 Å². The molecule has 0 spiro atoms. The van der Waals surface area contributed by atoms with E-state index in [1.165, 1.54) is 0 Å². The van der Waals surface area contributed by atoms with E-state index in [0.717, 1.165) is 15.7 Å². The highest BCUT2D eigenvalue weighted by Crippen LogP contribution is 2.26. The zero-order valence-corrected chi connectivity index (χ0v) is 12.2. The predicted octanol–water partition coefficient (Wildman–Crippen LogP) is 1.15. The second kappa shape index (κ2) is 5.71. The van der Waals surface area contributed by atoms with Crippen molar-refractivity contribution in [2.45, 2.75) is 25.9 Å². The largest absolute Gasteiger partial charge is 0.350 e. The first kappa shape index (κ1) is 14.0. The summed E-state index contributed by atoms with van der Waals surface area (Å²) in [4.78, 5) is 25.2. The molecular weight excluding hydrogens is 310 g/mol. The number of carbonyl (C=O) groups is 2. The summed E-state index contributed by atoms with van der Waals surface area (Å²) >= 11 is 3.42. The molecule has 19 heavy (non-hydrogen) atoms. The summed E-state index contributed by atoms with van der Waals surface area (Å²) in [6.07, 6.45) is 0.642. The molecular formula is C13H16BrN3O2. The van der Waals surface area contributed by atoms with E-state index in [1.807, 2.05) is 30.0 Å². The fourth-order valence-electron chi connectivity index (χ4n) is 2.26. The highest BCUT2D eigenvalue weighted by atomic mass is 79.9. The van der Waals surface area contributed by atoms with Gasteiger partial charge in [0.15, 0.2) is 0 Å². The van der Waals surface area contributed by atoms with Gasteiger partial charge >= 0.3 is 0 Å². The van der Waals surface area contributed by atoms with E-state index in [1.54, 1.807) is 0 Å². The molecule has 0 saturated carbocycles. The molecule has 1 fully saturated rings. The second-order valence-corrected chi connectivity index (χ2v) is 5.40. The van der Waals surface area contributed by atoms with Gasteiger partial charge in [-0.3, -0.25) is 14.9 Å². The number of carbonyl (C=O) groups excluding carboxylic acids is 2. The van der Waals surface area contributed by atoms with Crippen molar-refractivity contribution >= 4 is 33.4 Å². The van der Waals surface area contributed by atoms with Crippen LogP contribution in [0.4, 0.5) is 5.69 Å². The molecule has 2 rings (SSSR count). The Labute approximate surface area is 120 Å². The summed E-state index contributed by atoms with van der Waals surface area (Å²) in [6, 6.07) is 5.42. The van der Waals surface area contributed by atoms with Crippen LogP contribution in [0.15, 0.2) is 22.7 Å². The fraction of sp³-hybridized carbons (Fsp3) is 0.385. The zero-order chi connectivity index (χ0) is 14.0. The van der Waals surface area contributed by atoms with E-state index in [0.29, 0.717) is 13.0 Å². The molecule has 1 aliphatic heterocycles. The maximum atomic E-state index is 11.8. The van der Waals surface area contributed by atoms with Crippen molar-refractivity contribution in [1.82, 2.24) is 5.32 Å². The van der Waals surface area contributed by atoms with Crippen LogP contribution in [0.2, 0.25) is 0 Å². The number of amides is 2. The SMILES string of the molecule is CCC1C(=O)NC(=O)CN1c1cc(Br)cc(CN)c1. The first-order valence-corrected chi connectivity index (χ1v) is 6.94. The van der Waals surface area contributed by atoms with E-state index in [9.17, 15) is 9.59 Å². The van der Waals surface area contributed by atoms with E-state index in [4.69, 9.17) is 5.73 Å². The Kier molecular flexibility index (Phi) is 4.21. The highest BCUT2D eigenvalue weighted by Gasteiger charge is 2.32. The summed E-state index contributed by atoms with van der Waals surface area (Å²) in [5, 5.41) is 2.37. The van der Waals surface area contributed by atoms with Crippen LogP contribution in [0.1, 0.15) is 18.9 Å². The average molecular weight is 326 g/mol. The molecule has 1 aromatic carbocycles. The monoisotopic (exact) mass is 325 g/mol. The minimum absolute atomic E-state index is 0.185.